The van der Waals surface area contributed by atoms with E-state index in [1.807, 2.05) is 60.7 Å². The zero-order valence-corrected chi connectivity index (χ0v) is 23.9. The fourth-order valence-electron chi connectivity index (χ4n) is 5.63. The van der Waals surface area contributed by atoms with Crippen LogP contribution in [0.1, 0.15) is 55.8 Å². The highest BCUT2D eigenvalue weighted by molar-refractivity contribution is 6.01. The summed E-state index contributed by atoms with van der Waals surface area (Å²) in [7, 11) is 1.58. The molecule has 43 heavy (non-hydrogen) atoms. The Labute approximate surface area is 250 Å². The first-order valence-corrected chi connectivity index (χ1v) is 14.1. The number of benzene rings is 4. The standard InChI is InChI=1S/C18H17NO3.C17H15NO3/c1-22-16-9-7-14(12-20)15-8-10-17(21)19(18(15)16)11-13-5-3-2-4-6-13;19-11-13-6-8-15(20)17-14(13)7-9-16(21)18(17)10-12-4-2-1-3-5-12/h2-7,9,12H,8,10-11H2,1H3;1-6,8,11,20H,7,9-10H2. The van der Waals surface area contributed by atoms with Gasteiger partial charge < -0.3 is 19.6 Å². The van der Waals surface area contributed by atoms with Crippen molar-refractivity contribution in [3.8, 4) is 11.5 Å². The van der Waals surface area contributed by atoms with Crippen molar-refractivity contribution < 1.29 is 29.0 Å². The van der Waals surface area contributed by atoms with E-state index >= 15 is 0 Å². The molecule has 8 nitrogen and oxygen atoms in total. The number of carbonyl (C=O) groups is 4. The molecular weight excluding hydrogens is 544 g/mol. The lowest BCUT2D eigenvalue weighted by atomic mass is 9.95. The Morgan fingerprint density at radius 3 is 1.60 bits per heavy atom. The normalized spacial score (nSPS) is 13.8. The number of phenolic OH excluding ortho intramolecular Hbond substituents is 1. The van der Waals surface area contributed by atoms with Gasteiger partial charge in [-0.05, 0) is 59.4 Å². The molecule has 0 bridgehead atoms. The number of fused-ring (bicyclic) bond motifs is 2. The van der Waals surface area contributed by atoms with Crippen molar-refractivity contribution >= 4 is 35.8 Å². The third kappa shape index (κ3) is 6.18. The molecule has 0 spiro atoms. The number of anilines is 2. The monoisotopic (exact) mass is 576 g/mol. The molecular formula is C35H32N2O6. The topological polar surface area (TPSA) is 104 Å². The number of ether oxygens (including phenoxy) is 1. The first-order valence-electron chi connectivity index (χ1n) is 14.1. The maximum absolute atomic E-state index is 12.4. The predicted molar refractivity (Wildman–Crippen MR) is 164 cm³/mol. The Balaban J connectivity index is 0.000000171. The third-order valence-electron chi connectivity index (χ3n) is 7.74. The van der Waals surface area contributed by atoms with Crippen molar-refractivity contribution in [2.45, 2.75) is 38.8 Å². The molecule has 0 radical (unpaired) electrons. The number of phenols is 1. The number of methoxy groups -OCH3 is 1. The first kappa shape index (κ1) is 29.3. The fraction of sp³-hybridized carbons (Fsp3) is 0.200. The molecule has 4 aromatic carbocycles. The van der Waals surface area contributed by atoms with Crippen LogP contribution in [0.5, 0.6) is 11.5 Å². The van der Waals surface area contributed by atoms with E-state index in [2.05, 4.69) is 0 Å². The van der Waals surface area contributed by atoms with E-state index in [1.54, 1.807) is 35.1 Å². The van der Waals surface area contributed by atoms with Gasteiger partial charge in [0.15, 0.2) is 0 Å². The van der Waals surface area contributed by atoms with Crippen molar-refractivity contribution in [1.29, 1.82) is 0 Å². The van der Waals surface area contributed by atoms with E-state index in [4.69, 9.17) is 4.74 Å². The molecule has 8 heteroatoms. The van der Waals surface area contributed by atoms with Crippen molar-refractivity contribution in [2.24, 2.45) is 0 Å². The maximum Gasteiger partial charge on any atom is 0.227 e. The van der Waals surface area contributed by atoms with E-state index in [1.165, 1.54) is 6.07 Å². The van der Waals surface area contributed by atoms with Crippen LogP contribution in [0.4, 0.5) is 11.4 Å². The summed E-state index contributed by atoms with van der Waals surface area (Å²) in [6.07, 6.45) is 3.44. The van der Waals surface area contributed by atoms with Gasteiger partial charge in [0, 0.05) is 24.0 Å². The highest BCUT2D eigenvalue weighted by Gasteiger charge is 2.30. The van der Waals surface area contributed by atoms with Gasteiger partial charge in [-0.3, -0.25) is 19.2 Å². The van der Waals surface area contributed by atoms with Crippen LogP contribution in [0.2, 0.25) is 0 Å². The zero-order chi connectivity index (χ0) is 30.3. The minimum absolute atomic E-state index is 0.0373. The van der Waals surface area contributed by atoms with Crippen LogP contribution in [0.3, 0.4) is 0 Å². The summed E-state index contributed by atoms with van der Waals surface area (Å²) in [6, 6.07) is 26.0. The zero-order valence-electron chi connectivity index (χ0n) is 23.9. The molecule has 2 heterocycles. The van der Waals surface area contributed by atoms with Crippen LogP contribution < -0.4 is 14.5 Å². The number of aldehydes is 2. The predicted octanol–water partition coefficient (Wildman–Crippen LogP) is 5.67. The summed E-state index contributed by atoms with van der Waals surface area (Å²) in [5.74, 6) is 0.687. The Bertz CT molecular complexity index is 1650. The fourth-order valence-corrected chi connectivity index (χ4v) is 5.63. The molecule has 4 aromatic rings. The average Bonchev–Trinajstić information content (AvgIpc) is 3.04. The Hall–Kier alpha value is -5.24. The van der Waals surface area contributed by atoms with Crippen LogP contribution >= 0.6 is 0 Å². The van der Waals surface area contributed by atoms with Crippen LogP contribution in [0.15, 0.2) is 84.9 Å². The molecule has 0 unspecified atom stereocenters. The minimum atomic E-state index is -0.0373. The summed E-state index contributed by atoms with van der Waals surface area (Å²) in [4.78, 5) is 50.4. The van der Waals surface area contributed by atoms with Gasteiger partial charge in [0.25, 0.3) is 0 Å². The molecule has 6 rings (SSSR count). The van der Waals surface area contributed by atoms with Crippen LogP contribution in [-0.2, 0) is 35.5 Å². The molecule has 2 aliphatic heterocycles. The van der Waals surface area contributed by atoms with Crippen molar-refractivity contribution in [3.05, 3.63) is 118 Å². The highest BCUT2D eigenvalue weighted by Crippen LogP contribution is 2.40. The largest absolute Gasteiger partial charge is 0.506 e. The number of rotatable bonds is 7. The number of aromatic hydroxyl groups is 1. The second-order valence-corrected chi connectivity index (χ2v) is 10.4. The average molecular weight is 577 g/mol. The minimum Gasteiger partial charge on any atom is -0.506 e. The first-order chi connectivity index (χ1) is 20.9. The van der Waals surface area contributed by atoms with E-state index in [9.17, 15) is 24.3 Å². The lowest BCUT2D eigenvalue weighted by Gasteiger charge is -2.31. The Kier molecular flexibility index (Phi) is 8.96. The molecule has 0 fully saturated rings. The van der Waals surface area contributed by atoms with Crippen molar-refractivity contribution in [1.82, 2.24) is 0 Å². The maximum atomic E-state index is 12.4. The second kappa shape index (κ2) is 13.2. The van der Waals surface area contributed by atoms with Gasteiger partial charge in [-0.25, -0.2) is 0 Å². The van der Waals surface area contributed by atoms with E-state index in [0.29, 0.717) is 61.3 Å². The molecule has 2 amide bonds. The Morgan fingerprint density at radius 2 is 1.12 bits per heavy atom. The third-order valence-corrected chi connectivity index (χ3v) is 7.74. The van der Waals surface area contributed by atoms with E-state index in [0.717, 1.165) is 40.5 Å². The van der Waals surface area contributed by atoms with E-state index in [-0.39, 0.29) is 17.6 Å². The molecule has 0 aliphatic carbocycles. The van der Waals surface area contributed by atoms with Gasteiger partial charge >= 0.3 is 0 Å². The van der Waals surface area contributed by atoms with Gasteiger partial charge in [0.05, 0.1) is 31.6 Å². The molecule has 0 saturated heterocycles. The smallest absolute Gasteiger partial charge is 0.227 e. The number of amides is 2. The highest BCUT2D eigenvalue weighted by atomic mass is 16.5. The van der Waals surface area contributed by atoms with Gasteiger partial charge in [0.1, 0.15) is 24.1 Å². The van der Waals surface area contributed by atoms with Crippen LogP contribution in [-0.4, -0.2) is 36.6 Å². The van der Waals surface area contributed by atoms with Crippen molar-refractivity contribution in [3.63, 3.8) is 0 Å². The lowest BCUT2D eigenvalue weighted by Crippen LogP contribution is -2.35. The quantitative estimate of drug-likeness (QED) is 0.284. The Morgan fingerprint density at radius 1 is 0.651 bits per heavy atom. The van der Waals surface area contributed by atoms with Gasteiger partial charge in [0.2, 0.25) is 11.8 Å². The number of nitrogens with zero attached hydrogens (tertiary/aromatic N) is 2. The number of carbonyl (C=O) groups excluding carboxylic acids is 4. The van der Waals surface area contributed by atoms with Crippen molar-refractivity contribution in [2.75, 3.05) is 16.9 Å². The summed E-state index contributed by atoms with van der Waals surface area (Å²) < 4.78 is 5.42. The summed E-state index contributed by atoms with van der Waals surface area (Å²) in [5, 5.41) is 10.1. The van der Waals surface area contributed by atoms with Gasteiger partial charge in [-0.15, -0.1) is 0 Å². The van der Waals surface area contributed by atoms with Gasteiger partial charge in [-0.1, -0.05) is 60.7 Å². The van der Waals surface area contributed by atoms with Crippen LogP contribution in [0, 0.1) is 0 Å². The molecule has 2 aliphatic rings. The molecule has 1 N–H and O–H groups in total. The van der Waals surface area contributed by atoms with Crippen LogP contribution in [0.25, 0.3) is 0 Å². The summed E-state index contributed by atoms with van der Waals surface area (Å²) in [6.45, 7) is 0.869. The number of hydrogen-bond acceptors (Lipinski definition) is 6. The second-order valence-electron chi connectivity index (χ2n) is 10.4. The molecule has 0 saturated carbocycles. The lowest BCUT2D eigenvalue weighted by molar-refractivity contribution is -0.119. The molecule has 0 aromatic heterocycles. The molecule has 0 atom stereocenters. The molecule has 218 valence electrons. The summed E-state index contributed by atoms with van der Waals surface area (Å²) >= 11 is 0. The van der Waals surface area contributed by atoms with E-state index < -0.39 is 0 Å². The van der Waals surface area contributed by atoms with Gasteiger partial charge in [-0.2, -0.15) is 0 Å². The number of hydrogen-bond donors (Lipinski definition) is 1. The SMILES string of the molecule is COc1ccc(C=O)c2c1N(Cc1ccccc1)C(=O)CC2.O=Cc1ccc(O)c2c1CCC(=O)N2Cc1ccccc1. The summed E-state index contributed by atoms with van der Waals surface area (Å²) in [5.41, 5.74) is 6.03.